The topological polar surface area (TPSA) is 79.7 Å². The number of thiol groups is 1. The first kappa shape index (κ1) is 13.4. The number of aliphatic hydroxyl groups is 2. The summed E-state index contributed by atoms with van der Waals surface area (Å²) in [5.41, 5.74) is 0. The summed E-state index contributed by atoms with van der Waals surface area (Å²) in [5.74, 6) is -0.0346. The molecule has 1 heterocycles. The molecule has 0 spiro atoms. The van der Waals surface area contributed by atoms with Gasteiger partial charge >= 0.3 is 5.97 Å². The molecule has 0 aliphatic rings. The summed E-state index contributed by atoms with van der Waals surface area (Å²) in [6.45, 7) is 0. The molecule has 0 aliphatic heterocycles. The van der Waals surface area contributed by atoms with Crippen LogP contribution in [0.5, 0.6) is 0 Å². The van der Waals surface area contributed by atoms with E-state index in [4.69, 9.17) is 0 Å². The van der Waals surface area contributed by atoms with E-state index in [0.29, 0.717) is 22.1 Å². The Kier molecular flexibility index (Phi) is 5.20. The number of rotatable bonds is 5. The number of hydrogen-bond acceptors (Lipinski definition) is 7. The van der Waals surface area contributed by atoms with Crippen molar-refractivity contribution in [1.29, 1.82) is 0 Å². The molecule has 1 aromatic heterocycles. The van der Waals surface area contributed by atoms with Crippen LogP contribution in [-0.2, 0) is 4.74 Å². The van der Waals surface area contributed by atoms with Crippen LogP contribution in [0.15, 0.2) is 6.20 Å². The van der Waals surface area contributed by atoms with Gasteiger partial charge in [0.2, 0.25) is 0 Å². The van der Waals surface area contributed by atoms with E-state index in [9.17, 15) is 15.0 Å². The zero-order chi connectivity index (χ0) is 12.1. The number of esters is 1. The zero-order valence-electron chi connectivity index (χ0n) is 8.66. The van der Waals surface area contributed by atoms with Crippen molar-refractivity contribution in [3.63, 3.8) is 0 Å². The molecule has 0 aromatic carbocycles. The smallest absolute Gasteiger partial charge is 0.349 e. The van der Waals surface area contributed by atoms with Crippen LogP contribution in [0.3, 0.4) is 0 Å². The second-order valence-corrected chi connectivity index (χ2v) is 4.59. The van der Waals surface area contributed by atoms with Crippen LogP contribution in [0.4, 0.5) is 0 Å². The standard InChI is InChI=1S/C9H13NO4S2/c1-14-9(13)6-4-10-8(16-6)7(12)5(11)2-3-15/h4-5,7,11-12,15H,2-3H2,1H3. The number of ether oxygens (including phenoxy) is 1. The summed E-state index contributed by atoms with van der Waals surface area (Å²) in [6.07, 6.45) is -0.329. The highest BCUT2D eigenvalue weighted by molar-refractivity contribution is 7.80. The van der Waals surface area contributed by atoms with Crippen molar-refractivity contribution in [2.24, 2.45) is 0 Å². The van der Waals surface area contributed by atoms with Gasteiger partial charge in [-0.3, -0.25) is 0 Å². The lowest BCUT2D eigenvalue weighted by Gasteiger charge is -2.13. The minimum atomic E-state index is -1.09. The van der Waals surface area contributed by atoms with Crippen molar-refractivity contribution < 1.29 is 19.7 Å². The average molecular weight is 263 g/mol. The lowest BCUT2D eigenvalue weighted by atomic mass is 10.2. The van der Waals surface area contributed by atoms with Crippen LogP contribution in [-0.4, -0.2) is 40.1 Å². The molecule has 1 aromatic rings. The Morgan fingerprint density at radius 1 is 1.69 bits per heavy atom. The van der Waals surface area contributed by atoms with Crippen molar-refractivity contribution in [3.8, 4) is 0 Å². The molecule has 0 aliphatic carbocycles. The summed E-state index contributed by atoms with van der Waals surface area (Å²) in [6, 6.07) is 0. The number of nitrogens with zero attached hydrogens (tertiary/aromatic N) is 1. The third kappa shape index (κ3) is 3.18. The monoisotopic (exact) mass is 263 g/mol. The van der Waals surface area contributed by atoms with Gasteiger partial charge in [-0.1, -0.05) is 0 Å². The normalized spacial score (nSPS) is 14.5. The first-order valence-electron chi connectivity index (χ1n) is 4.61. The first-order chi connectivity index (χ1) is 7.60. The third-order valence-electron chi connectivity index (χ3n) is 1.95. The van der Waals surface area contributed by atoms with E-state index < -0.39 is 18.2 Å². The quantitative estimate of drug-likeness (QED) is 0.537. The van der Waals surface area contributed by atoms with Gasteiger partial charge in [-0.25, -0.2) is 9.78 Å². The van der Waals surface area contributed by atoms with Crippen LogP contribution in [0.1, 0.15) is 27.2 Å². The van der Waals surface area contributed by atoms with Gasteiger partial charge in [0, 0.05) is 0 Å². The first-order valence-corrected chi connectivity index (χ1v) is 6.06. The van der Waals surface area contributed by atoms with E-state index in [-0.39, 0.29) is 0 Å². The van der Waals surface area contributed by atoms with Gasteiger partial charge in [-0.15, -0.1) is 11.3 Å². The van der Waals surface area contributed by atoms with Gasteiger partial charge in [0.05, 0.1) is 19.4 Å². The summed E-state index contributed by atoms with van der Waals surface area (Å²) in [4.78, 5) is 15.3. The Labute approximate surface area is 102 Å². The molecule has 90 valence electrons. The molecule has 2 N–H and O–H groups in total. The lowest BCUT2D eigenvalue weighted by Crippen LogP contribution is -2.18. The predicted octanol–water partition coefficient (Wildman–Crippen LogP) is 0.644. The van der Waals surface area contributed by atoms with Gasteiger partial charge in [0.15, 0.2) is 0 Å². The zero-order valence-corrected chi connectivity index (χ0v) is 10.4. The highest BCUT2D eigenvalue weighted by Gasteiger charge is 2.22. The fourth-order valence-corrected chi connectivity index (χ4v) is 2.22. The van der Waals surface area contributed by atoms with Gasteiger partial charge in [-0.2, -0.15) is 12.6 Å². The Bertz CT molecular complexity index is 355. The average Bonchev–Trinajstić information content (AvgIpc) is 2.76. The van der Waals surface area contributed by atoms with Crippen LogP contribution < -0.4 is 0 Å². The van der Waals surface area contributed by atoms with E-state index in [0.717, 1.165) is 11.3 Å². The summed E-state index contributed by atoms with van der Waals surface area (Å²) in [7, 11) is 1.27. The molecule has 0 fully saturated rings. The van der Waals surface area contributed by atoms with Crippen molar-refractivity contribution in [2.75, 3.05) is 12.9 Å². The van der Waals surface area contributed by atoms with Gasteiger partial charge in [-0.05, 0) is 12.2 Å². The summed E-state index contributed by atoms with van der Waals surface area (Å²) < 4.78 is 4.51. The summed E-state index contributed by atoms with van der Waals surface area (Å²) in [5, 5.41) is 19.5. The minimum absolute atomic E-state index is 0.301. The molecule has 2 unspecified atom stereocenters. The number of methoxy groups -OCH3 is 1. The Balaban J connectivity index is 2.73. The molecule has 7 heteroatoms. The minimum Gasteiger partial charge on any atom is -0.465 e. The second-order valence-electron chi connectivity index (χ2n) is 3.08. The number of carbonyl (C=O) groups excluding carboxylic acids is 1. The fraction of sp³-hybridized carbons (Fsp3) is 0.556. The molecule has 1 rings (SSSR count). The molecule has 2 atom stereocenters. The molecule has 5 nitrogen and oxygen atoms in total. The predicted molar refractivity (Wildman–Crippen MR) is 62.9 cm³/mol. The molecule has 0 radical (unpaired) electrons. The molecule has 16 heavy (non-hydrogen) atoms. The molecule has 0 amide bonds. The highest BCUT2D eigenvalue weighted by atomic mass is 32.1. The van der Waals surface area contributed by atoms with Crippen molar-refractivity contribution in [1.82, 2.24) is 4.98 Å². The molecular formula is C9H13NO4S2. The largest absolute Gasteiger partial charge is 0.465 e. The van der Waals surface area contributed by atoms with Crippen molar-refractivity contribution in [2.45, 2.75) is 18.6 Å². The van der Waals surface area contributed by atoms with Crippen LogP contribution in [0.2, 0.25) is 0 Å². The number of thiazole rings is 1. The fourth-order valence-electron chi connectivity index (χ4n) is 1.07. The van der Waals surface area contributed by atoms with Crippen molar-refractivity contribution in [3.05, 3.63) is 16.1 Å². The Morgan fingerprint density at radius 2 is 2.38 bits per heavy atom. The number of carbonyl (C=O) groups is 1. The second kappa shape index (κ2) is 6.19. The summed E-state index contributed by atoms with van der Waals surface area (Å²) >= 11 is 4.96. The van der Waals surface area contributed by atoms with E-state index >= 15 is 0 Å². The molecule has 0 saturated carbocycles. The van der Waals surface area contributed by atoms with E-state index in [1.54, 1.807) is 0 Å². The van der Waals surface area contributed by atoms with E-state index in [1.165, 1.54) is 13.3 Å². The van der Waals surface area contributed by atoms with Crippen LogP contribution in [0.25, 0.3) is 0 Å². The number of aliphatic hydroxyl groups excluding tert-OH is 2. The molecular weight excluding hydrogens is 250 g/mol. The third-order valence-corrected chi connectivity index (χ3v) is 3.26. The van der Waals surface area contributed by atoms with Crippen LogP contribution >= 0.6 is 24.0 Å². The van der Waals surface area contributed by atoms with Gasteiger partial charge < -0.3 is 14.9 Å². The van der Waals surface area contributed by atoms with E-state index in [1.807, 2.05) is 0 Å². The molecule has 0 saturated heterocycles. The maximum atomic E-state index is 11.1. The van der Waals surface area contributed by atoms with Gasteiger partial charge in [0.25, 0.3) is 0 Å². The maximum absolute atomic E-state index is 11.1. The van der Waals surface area contributed by atoms with Crippen molar-refractivity contribution >= 4 is 29.9 Å². The van der Waals surface area contributed by atoms with Gasteiger partial charge in [0.1, 0.15) is 16.0 Å². The Hall–Kier alpha value is -0.630. The molecule has 0 bridgehead atoms. The number of aromatic nitrogens is 1. The SMILES string of the molecule is COC(=O)c1cnc(C(O)C(O)CCS)s1. The van der Waals surface area contributed by atoms with Crippen LogP contribution in [0, 0.1) is 0 Å². The number of hydrogen-bond donors (Lipinski definition) is 3. The Morgan fingerprint density at radius 3 is 2.94 bits per heavy atom. The highest BCUT2D eigenvalue weighted by Crippen LogP contribution is 2.24. The lowest BCUT2D eigenvalue weighted by molar-refractivity contribution is 0.0171. The maximum Gasteiger partial charge on any atom is 0.349 e. The van der Waals surface area contributed by atoms with E-state index in [2.05, 4.69) is 22.3 Å².